The molecule has 4 rings (SSSR count). The molecule has 138 valence electrons. The van der Waals surface area contributed by atoms with Crippen LogP contribution in [-0.4, -0.2) is 24.9 Å². The van der Waals surface area contributed by atoms with Gasteiger partial charge in [-0.05, 0) is 29.8 Å². The number of aliphatic hydroxyl groups is 1. The van der Waals surface area contributed by atoms with Crippen molar-refractivity contribution in [1.29, 1.82) is 0 Å². The molecule has 9 heteroatoms. The summed E-state index contributed by atoms with van der Waals surface area (Å²) in [6.07, 6.45) is 2.41. The molecule has 1 N–H and O–H groups in total. The molecule has 0 fully saturated rings. The summed E-state index contributed by atoms with van der Waals surface area (Å²) in [5, 5.41) is 14.4. The molecule has 0 aliphatic rings. The SMILES string of the molecule is OC(Cn1cncn1)(c1ccc(F)cc1)C(F)(F)c1nc2ccccc2s1. The first-order chi connectivity index (χ1) is 12.9. The van der Waals surface area contributed by atoms with Crippen molar-refractivity contribution >= 4 is 21.6 Å². The average molecular weight is 390 g/mol. The molecule has 1 unspecified atom stereocenters. The summed E-state index contributed by atoms with van der Waals surface area (Å²) in [5.41, 5.74) is -2.44. The molecule has 0 aliphatic carbocycles. The van der Waals surface area contributed by atoms with E-state index in [0.29, 0.717) is 10.2 Å². The Labute approximate surface area is 155 Å². The number of rotatable bonds is 5. The van der Waals surface area contributed by atoms with Gasteiger partial charge in [-0.25, -0.2) is 19.0 Å². The molecule has 0 aliphatic heterocycles. The van der Waals surface area contributed by atoms with Crippen LogP contribution in [0, 0.1) is 5.82 Å². The highest BCUT2D eigenvalue weighted by atomic mass is 32.1. The Morgan fingerprint density at radius 1 is 1.07 bits per heavy atom. The zero-order valence-corrected chi connectivity index (χ0v) is 14.6. The van der Waals surface area contributed by atoms with E-state index in [4.69, 9.17) is 0 Å². The number of hydrogen-bond donors (Lipinski definition) is 1. The molecule has 0 bridgehead atoms. The summed E-state index contributed by atoms with van der Waals surface area (Å²) in [7, 11) is 0. The molecular formula is C18H13F3N4OS. The number of halogens is 3. The number of hydrogen-bond acceptors (Lipinski definition) is 5. The molecule has 27 heavy (non-hydrogen) atoms. The lowest BCUT2D eigenvalue weighted by Crippen LogP contribution is -2.46. The fourth-order valence-corrected chi connectivity index (χ4v) is 3.84. The minimum Gasteiger partial charge on any atom is -0.377 e. The number of benzene rings is 2. The van der Waals surface area contributed by atoms with E-state index < -0.39 is 28.9 Å². The Morgan fingerprint density at radius 3 is 2.48 bits per heavy atom. The smallest absolute Gasteiger partial charge is 0.332 e. The van der Waals surface area contributed by atoms with Gasteiger partial charge in [0.1, 0.15) is 18.5 Å². The second kappa shape index (κ2) is 6.43. The fourth-order valence-electron chi connectivity index (χ4n) is 2.83. The van der Waals surface area contributed by atoms with E-state index in [-0.39, 0.29) is 5.56 Å². The van der Waals surface area contributed by atoms with Crippen molar-refractivity contribution in [3.8, 4) is 0 Å². The summed E-state index contributed by atoms with van der Waals surface area (Å²) in [4.78, 5) is 7.74. The highest BCUT2D eigenvalue weighted by Crippen LogP contribution is 2.48. The second-order valence-electron chi connectivity index (χ2n) is 6.02. The molecule has 0 saturated heterocycles. The van der Waals surface area contributed by atoms with Crippen LogP contribution in [0.15, 0.2) is 61.2 Å². The average Bonchev–Trinajstić information content (AvgIpc) is 3.31. The van der Waals surface area contributed by atoms with Crippen LogP contribution in [0.2, 0.25) is 0 Å². The number of aromatic nitrogens is 4. The van der Waals surface area contributed by atoms with Gasteiger partial charge in [-0.15, -0.1) is 11.3 Å². The molecule has 0 spiro atoms. The maximum absolute atomic E-state index is 15.6. The number of nitrogens with zero attached hydrogens (tertiary/aromatic N) is 4. The van der Waals surface area contributed by atoms with Crippen molar-refractivity contribution in [3.63, 3.8) is 0 Å². The van der Waals surface area contributed by atoms with Crippen molar-refractivity contribution in [1.82, 2.24) is 19.7 Å². The molecule has 1 atom stereocenters. The normalized spacial score (nSPS) is 14.4. The Kier molecular flexibility index (Phi) is 4.20. The lowest BCUT2D eigenvalue weighted by molar-refractivity contribution is -0.204. The van der Waals surface area contributed by atoms with Crippen LogP contribution in [0.5, 0.6) is 0 Å². The summed E-state index contributed by atoms with van der Waals surface area (Å²) in [6, 6.07) is 11.0. The molecule has 2 aromatic heterocycles. The van der Waals surface area contributed by atoms with Crippen molar-refractivity contribution in [2.24, 2.45) is 0 Å². The monoisotopic (exact) mass is 390 g/mol. The predicted octanol–water partition coefficient (Wildman–Crippen LogP) is 3.71. The minimum atomic E-state index is -3.76. The zero-order valence-electron chi connectivity index (χ0n) is 13.8. The van der Waals surface area contributed by atoms with E-state index >= 15 is 8.78 Å². The maximum Gasteiger partial charge on any atom is 0.332 e. The van der Waals surface area contributed by atoms with E-state index in [1.54, 1.807) is 24.3 Å². The summed E-state index contributed by atoms with van der Waals surface area (Å²) in [5.74, 6) is -4.36. The number of fused-ring (bicyclic) bond motifs is 1. The van der Waals surface area contributed by atoms with Crippen LogP contribution in [-0.2, 0) is 18.1 Å². The maximum atomic E-state index is 15.6. The molecule has 0 saturated carbocycles. The van der Waals surface area contributed by atoms with Crippen LogP contribution in [0.25, 0.3) is 10.2 Å². The number of thiazole rings is 1. The topological polar surface area (TPSA) is 63.8 Å². The van der Waals surface area contributed by atoms with Gasteiger partial charge in [0.2, 0.25) is 0 Å². The van der Waals surface area contributed by atoms with E-state index in [9.17, 15) is 9.50 Å². The Bertz CT molecular complexity index is 1030. The standard InChI is InChI=1S/C18H13F3N4OS/c19-13-7-5-12(6-8-13)17(26,9-25-11-22-10-23-25)18(20,21)16-24-14-3-1-2-4-15(14)27-16/h1-8,10-11,26H,9H2. The third-order valence-electron chi connectivity index (χ3n) is 4.26. The van der Waals surface area contributed by atoms with Crippen LogP contribution >= 0.6 is 11.3 Å². The lowest BCUT2D eigenvalue weighted by atomic mass is 9.87. The quantitative estimate of drug-likeness (QED) is 0.564. The molecule has 2 heterocycles. The van der Waals surface area contributed by atoms with Crippen molar-refractivity contribution in [2.45, 2.75) is 18.1 Å². The van der Waals surface area contributed by atoms with E-state index in [1.807, 2.05) is 0 Å². The highest BCUT2D eigenvalue weighted by Gasteiger charge is 2.57. The van der Waals surface area contributed by atoms with Crippen molar-refractivity contribution in [3.05, 3.63) is 77.6 Å². The Hall–Kier alpha value is -2.78. The van der Waals surface area contributed by atoms with E-state index in [0.717, 1.165) is 40.3 Å². The molecule has 2 aromatic carbocycles. The highest BCUT2D eigenvalue weighted by molar-refractivity contribution is 7.18. The van der Waals surface area contributed by atoms with Crippen LogP contribution < -0.4 is 0 Å². The Balaban J connectivity index is 1.86. The fraction of sp³-hybridized carbons (Fsp3) is 0.167. The largest absolute Gasteiger partial charge is 0.377 e. The lowest BCUT2D eigenvalue weighted by Gasteiger charge is -2.34. The van der Waals surface area contributed by atoms with Crippen LogP contribution in [0.4, 0.5) is 13.2 Å². The van der Waals surface area contributed by atoms with E-state index in [1.165, 1.54) is 12.7 Å². The van der Waals surface area contributed by atoms with Gasteiger partial charge in [-0.3, -0.25) is 0 Å². The number of alkyl halides is 2. The summed E-state index contributed by atoms with van der Waals surface area (Å²) < 4.78 is 46.1. The van der Waals surface area contributed by atoms with Crippen LogP contribution in [0.1, 0.15) is 10.6 Å². The number of para-hydroxylation sites is 1. The molecular weight excluding hydrogens is 377 g/mol. The van der Waals surface area contributed by atoms with E-state index in [2.05, 4.69) is 15.1 Å². The van der Waals surface area contributed by atoms with Crippen molar-refractivity contribution < 1.29 is 18.3 Å². The van der Waals surface area contributed by atoms with Gasteiger partial charge in [0.25, 0.3) is 0 Å². The van der Waals surface area contributed by atoms with Gasteiger partial charge in [0.05, 0.1) is 16.8 Å². The first kappa shape index (κ1) is 17.6. The predicted molar refractivity (Wildman–Crippen MR) is 93.8 cm³/mol. The molecule has 4 aromatic rings. The van der Waals surface area contributed by atoms with Gasteiger partial charge in [-0.1, -0.05) is 24.3 Å². The molecule has 0 amide bonds. The first-order valence-corrected chi connectivity index (χ1v) is 8.76. The van der Waals surface area contributed by atoms with Gasteiger partial charge in [0.15, 0.2) is 10.6 Å². The molecule has 0 radical (unpaired) electrons. The van der Waals surface area contributed by atoms with Crippen molar-refractivity contribution in [2.75, 3.05) is 0 Å². The summed E-state index contributed by atoms with van der Waals surface area (Å²) in [6.45, 7) is -0.582. The Morgan fingerprint density at radius 2 is 1.81 bits per heavy atom. The van der Waals surface area contributed by atoms with Gasteiger partial charge in [0, 0.05) is 0 Å². The van der Waals surface area contributed by atoms with Gasteiger partial charge in [-0.2, -0.15) is 13.9 Å². The first-order valence-electron chi connectivity index (χ1n) is 7.95. The van der Waals surface area contributed by atoms with Crippen LogP contribution in [0.3, 0.4) is 0 Å². The molecule has 5 nitrogen and oxygen atoms in total. The van der Waals surface area contributed by atoms with Gasteiger partial charge >= 0.3 is 5.92 Å². The van der Waals surface area contributed by atoms with Gasteiger partial charge < -0.3 is 5.11 Å². The zero-order chi connectivity index (χ0) is 19.1. The third kappa shape index (κ3) is 2.98. The second-order valence-corrected chi connectivity index (χ2v) is 7.05. The third-order valence-corrected chi connectivity index (χ3v) is 5.37. The minimum absolute atomic E-state index is 0.149. The summed E-state index contributed by atoms with van der Waals surface area (Å²) >= 11 is 0.801.